The number of nitrogens with one attached hydrogen (secondary N) is 4. The number of amides is 5. The third kappa shape index (κ3) is 8.21. The summed E-state index contributed by atoms with van der Waals surface area (Å²) < 4.78 is 0. The van der Waals surface area contributed by atoms with Crippen LogP contribution in [0.1, 0.15) is 64.7 Å². The van der Waals surface area contributed by atoms with Gasteiger partial charge in [-0.2, -0.15) is 0 Å². The second-order valence-corrected chi connectivity index (χ2v) is 10.6. The van der Waals surface area contributed by atoms with Gasteiger partial charge in [0.15, 0.2) is 0 Å². The van der Waals surface area contributed by atoms with Gasteiger partial charge in [-0.25, -0.2) is 0 Å². The van der Waals surface area contributed by atoms with Crippen molar-refractivity contribution in [2.45, 2.75) is 94.9 Å². The Hall–Kier alpha value is -3.06. The first-order valence-corrected chi connectivity index (χ1v) is 14.1. The Morgan fingerprint density at radius 3 is 2.28 bits per heavy atom. The zero-order valence-corrected chi connectivity index (χ0v) is 22.8. The van der Waals surface area contributed by atoms with Crippen LogP contribution in [0.2, 0.25) is 0 Å². The maximum Gasteiger partial charge on any atom is 0.245 e. The number of unbranched alkanes of at least 4 members (excludes halogenated alkanes) is 1. The number of aldehydes is 1. The van der Waals surface area contributed by atoms with E-state index in [4.69, 9.17) is 5.73 Å². The summed E-state index contributed by atoms with van der Waals surface area (Å²) in [6, 6.07) is -3.14. The van der Waals surface area contributed by atoms with E-state index in [1.807, 2.05) is 0 Å². The van der Waals surface area contributed by atoms with Gasteiger partial charge in [-0.15, -0.1) is 0 Å². The van der Waals surface area contributed by atoms with Gasteiger partial charge in [0, 0.05) is 13.1 Å². The van der Waals surface area contributed by atoms with Crippen molar-refractivity contribution in [2.75, 3.05) is 32.7 Å². The standard InChI is InChI=1S/C26H43N7O6/c1-17(16-34)30-24(37)21-10-6-14-33(21)26(39)19(7-2-3-11-27)31-22(35)15-29-23(36)20-9-5-13-32(20)25(38)18-8-4-12-28-18/h16-21,28H,2-15,27H2,1H3,(H,29,36)(H,30,37)(H,31,35)/t17-,18-,19-,20-,21-/m0/s1. The molecule has 218 valence electrons. The summed E-state index contributed by atoms with van der Waals surface area (Å²) >= 11 is 0. The van der Waals surface area contributed by atoms with E-state index in [0.717, 1.165) is 25.8 Å². The highest BCUT2D eigenvalue weighted by molar-refractivity contribution is 5.95. The lowest BCUT2D eigenvalue weighted by Gasteiger charge is -2.29. The Bertz CT molecular complexity index is 909. The molecule has 0 spiro atoms. The molecule has 3 aliphatic rings. The molecule has 0 saturated carbocycles. The molecule has 6 N–H and O–H groups in total. The summed E-state index contributed by atoms with van der Waals surface area (Å²) in [6.45, 7) is 3.33. The minimum Gasteiger partial charge on any atom is -0.345 e. The maximum atomic E-state index is 13.4. The van der Waals surface area contributed by atoms with Crippen LogP contribution >= 0.6 is 0 Å². The molecule has 0 aliphatic carbocycles. The van der Waals surface area contributed by atoms with Crippen molar-refractivity contribution in [3.05, 3.63) is 0 Å². The molecule has 3 rings (SSSR count). The van der Waals surface area contributed by atoms with Crippen molar-refractivity contribution < 1.29 is 28.8 Å². The summed E-state index contributed by atoms with van der Waals surface area (Å²) in [7, 11) is 0. The second kappa shape index (κ2) is 14.9. The molecule has 0 radical (unpaired) electrons. The van der Waals surface area contributed by atoms with Crippen molar-refractivity contribution in [1.29, 1.82) is 0 Å². The summed E-state index contributed by atoms with van der Waals surface area (Å²) in [5.41, 5.74) is 5.61. The molecule has 0 bridgehead atoms. The number of hydrogen-bond donors (Lipinski definition) is 5. The van der Waals surface area contributed by atoms with Gasteiger partial charge in [-0.1, -0.05) is 0 Å². The fourth-order valence-corrected chi connectivity index (χ4v) is 5.54. The highest BCUT2D eigenvalue weighted by atomic mass is 16.2. The monoisotopic (exact) mass is 549 g/mol. The largest absolute Gasteiger partial charge is 0.345 e. The van der Waals surface area contributed by atoms with Crippen LogP contribution in [0.25, 0.3) is 0 Å². The van der Waals surface area contributed by atoms with Crippen LogP contribution in [0.4, 0.5) is 0 Å². The van der Waals surface area contributed by atoms with Crippen molar-refractivity contribution in [2.24, 2.45) is 5.73 Å². The molecule has 13 nitrogen and oxygen atoms in total. The SMILES string of the molecule is C[C@@H](C=O)NC(=O)[C@@H]1CCCN1C(=O)[C@H](CCCCN)NC(=O)CNC(=O)[C@@H]1CCCN1C(=O)[C@@H]1CCCN1. The van der Waals surface area contributed by atoms with E-state index in [2.05, 4.69) is 21.3 Å². The number of rotatable bonds is 13. The van der Waals surface area contributed by atoms with E-state index in [9.17, 15) is 28.8 Å². The Morgan fingerprint density at radius 1 is 0.949 bits per heavy atom. The summed E-state index contributed by atoms with van der Waals surface area (Å²) in [5.74, 6) is -1.77. The number of carbonyl (C=O) groups is 6. The van der Waals surface area contributed by atoms with Crippen LogP contribution in [0.15, 0.2) is 0 Å². The van der Waals surface area contributed by atoms with E-state index < -0.39 is 36.0 Å². The molecule has 13 heteroatoms. The molecule has 5 amide bonds. The predicted molar refractivity (Wildman–Crippen MR) is 142 cm³/mol. The number of hydrogen-bond acceptors (Lipinski definition) is 8. The Balaban J connectivity index is 1.57. The lowest BCUT2D eigenvalue weighted by atomic mass is 10.1. The van der Waals surface area contributed by atoms with E-state index in [-0.39, 0.29) is 30.3 Å². The molecule has 0 aromatic rings. The van der Waals surface area contributed by atoms with Gasteiger partial charge in [0.2, 0.25) is 29.5 Å². The maximum absolute atomic E-state index is 13.4. The van der Waals surface area contributed by atoms with Crippen molar-refractivity contribution >= 4 is 35.8 Å². The third-order valence-corrected chi connectivity index (χ3v) is 7.61. The van der Waals surface area contributed by atoms with Crippen molar-refractivity contribution in [1.82, 2.24) is 31.1 Å². The number of carbonyl (C=O) groups excluding carboxylic acids is 6. The van der Waals surface area contributed by atoms with Crippen molar-refractivity contribution in [3.8, 4) is 0 Å². The van der Waals surface area contributed by atoms with Gasteiger partial charge in [0.05, 0.1) is 18.6 Å². The van der Waals surface area contributed by atoms with Crippen LogP contribution in [0.3, 0.4) is 0 Å². The molecule has 0 aromatic heterocycles. The molecule has 39 heavy (non-hydrogen) atoms. The molecular formula is C26H43N7O6. The predicted octanol–water partition coefficient (Wildman–Crippen LogP) is -1.85. The van der Waals surface area contributed by atoms with Gasteiger partial charge in [0.1, 0.15) is 24.4 Å². The summed E-state index contributed by atoms with van der Waals surface area (Å²) in [6.07, 6.45) is 6.25. The molecule has 3 heterocycles. The van der Waals surface area contributed by atoms with Gasteiger partial charge in [-0.05, 0) is 77.8 Å². The number of nitrogens with two attached hydrogens (primary N) is 1. The number of likely N-dealkylation sites (tertiary alicyclic amines) is 2. The summed E-state index contributed by atoms with van der Waals surface area (Å²) in [4.78, 5) is 78.6. The average Bonchev–Trinajstić information content (AvgIpc) is 3.72. The quantitative estimate of drug-likeness (QED) is 0.131. The highest BCUT2D eigenvalue weighted by Crippen LogP contribution is 2.22. The molecule has 0 aromatic carbocycles. The molecule has 3 saturated heterocycles. The Kier molecular flexibility index (Phi) is 11.7. The third-order valence-electron chi connectivity index (χ3n) is 7.61. The first-order valence-electron chi connectivity index (χ1n) is 14.1. The Labute approximate surface area is 229 Å². The van der Waals surface area contributed by atoms with Crippen LogP contribution < -0.4 is 27.0 Å². The van der Waals surface area contributed by atoms with E-state index in [1.54, 1.807) is 11.8 Å². The van der Waals surface area contributed by atoms with Gasteiger partial charge in [-0.3, -0.25) is 24.0 Å². The van der Waals surface area contributed by atoms with Crippen LogP contribution in [0, 0.1) is 0 Å². The average molecular weight is 550 g/mol. The number of nitrogens with zero attached hydrogens (tertiary/aromatic N) is 2. The zero-order chi connectivity index (χ0) is 28.4. The van der Waals surface area contributed by atoms with Gasteiger partial charge < -0.3 is 41.6 Å². The first-order chi connectivity index (χ1) is 18.8. The van der Waals surface area contributed by atoms with Crippen LogP contribution in [-0.2, 0) is 28.8 Å². The van der Waals surface area contributed by atoms with E-state index >= 15 is 0 Å². The minimum atomic E-state index is -0.879. The van der Waals surface area contributed by atoms with Crippen molar-refractivity contribution in [3.63, 3.8) is 0 Å². The van der Waals surface area contributed by atoms with Gasteiger partial charge in [0.25, 0.3) is 0 Å². The minimum absolute atomic E-state index is 0.0769. The lowest BCUT2D eigenvalue weighted by Crippen LogP contribution is -2.56. The first kappa shape index (κ1) is 30.5. The lowest BCUT2D eigenvalue weighted by molar-refractivity contribution is -0.142. The molecule has 0 unspecified atom stereocenters. The smallest absolute Gasteiger partial charge is 0.245 e. The molecule has 3 aliphatic heterocycles. The fraction of sp³-hybridized carbons (Fsp3) is 0.769. The Morgan fingerprint density at radius 2 is 1.64 bits per heavy atom. The van der Waals surface area contributed by atoms with E-state index in [1.165, 1.54) is 4.90 Å². The molecule has 5 atom stereocenters. The van der Waals surface area contributed by atoms with E-state index in [0.29, 0.717) is 64.4 Å². The molecule has 3 fully saturated rings. The van der Waals surface area contributed by atoms with Gasteiger partial charge >= 0.3 is 0 Å². The second-order valence-electron chi connectivity index (χ2n) is 10.6. The topological polar surface area (TPSA) is 183 Å². The fourth-order valence-electron chi connectivity index (χ4n) is 5.54. The highest BCUT2D eigenvalue weighted by Gasteiger charge is 2.39. The van der Waals surface area contributed by atoms with Crippen LogP contribution in [0.5, 0.6) is 0 Å². The van der Waals surface area contributed by atoms with Crippen LogP contribution in [-0.4, -0.2) is 109 Å². The summed E-state index contributed by atoms with van der Waals surface area (Å²) in [5, 5.41) is 11.1. The molecular weight excluding hydrogens is 506 g/mol. The normalized spacial score (nSPS) is 24.2. The zero-order valence-electron chi connectivity index (χ0n) is 22.8.